The number of carbonyl (C=O) groups excluding carboxylic acids is 1. The summed E-state index contributed by atoms with van der Waals surface area (Å²) >= 11 is 0. The highest BCUT2D eigenvalue weighted by Gasteiger charge is 2.09. The van der Waals surface area contributed by atoms with Crippen LogP contribution in [0.2, 0.25) is 0 Å². The molecule has 0 saturated carbocycles. The molecule has 0 bridgehead atoms. The molecule has 0 spiro atoms. The Bertz CT molecular complexity index is 655. The van der Waals surface area contributed by atoms with Gasteiger partial charge in [-0.25, -0.2) is 4.79 Å². The maximum atomic E-state index is 11.8. The summed E-state index contributed by atoms with van der Waals surface area (Å²) in [4.78, 5) is 16.1. The van der Waals surface area contributed by atoms with Gasteiger partial charge < -0.3 is 20.3 Å². The third-order valence-electron chi connectivity index (χ3n) is 3.58. The fourth-order valence-corrected chi connectivity index (χ4v) is 2.17. The molecule has 0 unspecified atom stereocenters. The van der Waals surface area contributed by atoms with E-state index in [2.05, 4.69) is 20.8 Å². The van der Waals surface area contributed by atoms with Crippen LogP contribution in [0.5, 0.6) is 0 Å². The number of hydrogen-bond acceptors (Lipinski definition) is 5. The van der Waals surface area contributed by atoms with E-state index in [1.54, 1.807) is 0 Å². The predicted molar refractivity (Wildman–Crippen MR) is 89.3 cm³/mol. The molecular formula is C17H24N4O3. The van der Waals surface area contributed by atoms with E-state index in [4.69, 9.17) is 4.52 Å². The molecule has 0 aliphatic heterocycles. The monoisotopic (exact) mass is 332 g/mol. The number of rotatable bonds is 8. The highest BCUT2D eigenvalue weighted by molar-refractivity contribution is 5.73. The Hall–Kier alpha value is -2.41. The first-order valence-corrected chi connectivity index (χ1v) is 8.12. The van der Waals surface area contributed by atoms with E-state index in [1.165, 1.54) is 0 Å². The number of nitrogens with one attached hydrogen (secondary N) is 2. The van der Waals surface area contributed by atoms with Gasteiger partial charge in [0.2, 0.25) is 5.89 Å². The highest BCUT2D eigenvalue weighted by Crippen LogP contribution is 2.10. The van der Waals surface area contributed by atoms with Crippen LogP contribution in [0.4, 0.5) is 4.79 Å². The van der Waals surface area contributed by atoms with Crippen LogP contribution < -0.4 is 10.6 Å². The van der Waals surface area contributed by atoms with Crippen LogP contribution >= 0.6 is 0 Å². The Kier molecular flexibility index (Phi) is 6.74. The predicted octanol–water partition coefficient (Wildman–Crippen LogP) is 2.12. The fraction of sp³-hybridized carbons (Fsp3) is 0.471. The lowest BCUT2D eigenvalue weighted by Gasteiger charge is -2.09. The number of aliphatic hydroxyl groups excluding tert-OH is 1. The summed E-state index contributed by atoms with van der Waals surface area (Å²) in [6, 6.07) is 7.22. The van der Waals surface area contributed by atoms with Gasteiger partial charge in [-0.15, -0.1) is 0 Å². The second-order valence-corrected chi connectivity index (χ2v) is 5.84. The number of nitrogens with zero attached hydrogens (tertiary/aromatic N) is 2. The number of aliphatic hydroxyl groups is 1. The summed E-state index contributed by atoms with van der Waals surface area (Å²) in [5.41, 5.74) is 1.72. The molecule has 0 aliphatic rings. The molecular weight excluding hydrogens is 308 g/mol. The number of carbonyl (C=O) groups is 1. The Morgan fingerprint density at radius 1 is 1.25 bits per heavy atom. The zero-order chi connectivity index (χ0) is 17.4. The van der Waals surface area contributed by atoms with Crippen molar-refractivity contribution in [2.45, 2.75) is 45.8 Å². The van der Waals surface area contributed by atoms with Crippen LogP contribution in [0.1, 0.15) is 49.0 Å². The second kappa shape index (κ2) is 9.02. The van der Waals surface area contributed by atoms with Crippen molar-refractivity contribution in [3.8, 4) is 0 Å². The van der Waals surface area contributed by atoms with Gasteiger partial charge in [-0.3, -0.25) is 0 Å². The molecule has 2 rings (SSSR count). The van der Waals surface area contributed by atoms with E-state index in [0.29, 0.717) is 31.2 Å². The maximum absolute atomic E-state index is 11.8. The number of amides is 2. The normalized spacial score (nSPS) is 10.8. The first kappa shape index (κ1) is 17.9. The summed E-state index contributed by atoms with van der Waals surface area (Å²) in [7, 11) is 0. The quantitative estimate of drug-likeness (QED) is 0.643. The van der Waals surface area contributed by atoms with Gasteiger partial charge in [-0.05, 0) is 17.5 Å². The third-order valence-corrected chi connectivity index (χ3v) is 3.58. The van der Waals surface area contributed by atoms with Crippen molar-refractivity contribution in [3.05, 3.63) is 47.1 Å². The van der Waals surface area contributed by atoms with Crippen LogP contribution in [0, 0.1) is 0 Å². The van der Waals surface area contributed by atoms with E-state index >= 15 is 0 Å². The molecule has 1 heterocycles. The topological polar surface area (TPSA) is 100 Å². The Morgan fingerprint density at radius 2 is 2.00 bits per heavy atom. The lowest BCUT2D eigenvalue weighted by Crippen LogP contribution is -2.35. The lowest BCUT2D eigenvalue weighted by molar-refractivity contribution is 0.240. The molecule has 0 radical (unpaired) electrons. The summed E-state index contributed by atoms with van der Waals surface area (Å²) in [6.45, 7) is 4.88. The van der Waals surface area contributed by atoms with Crippen molar-refractivity contribution in [1.82, 2.24) is 20.8 Å². The minimum atomic E-state index is -0.240. The minimum absolute atomic E-state index is 0.0397. The SMILES string of the molecule is CC(C)c1noc(CCCNC(=O)NCc2ccccc2CO)n1. The molecule has 0 atom stereocenters. The number of urea groups is 1. The summed E-state index contributed by atoms with van der Waals surface area (Å²) in [6.07, 6.45) is 1.35. The molecule has 7 heteroatoms. The van der Waals surface area contributed by atoms with Gasteiger partial charge >= 0.3 is 6.03 Å². The molecule has 0 saturated heterocycles. The number of aryl methyl sites for hydroxylation is 1. The van der Waals surface area contributed by atoms with Crippen molar-refractivity contribution in [1.29, 1.82) is 0 Å². The smallest absolute Gasteiger partial charge is 0.315 e. The van der Waals surface area contributed by atoms with Gasteiger partial charge in [-0.2, -0.15) is 4.98 Å². The second-order valence-electron chi connectivity index (χ2n) is 5.84. The minimum Gasteiger partial charge on any atom is -0.392 e. The maximum Gasteiger partial charge on any atom is 0.315 e. The molecule has 7 nitrogen and oxygen atoms in total. The molecule has 130 valence electrons. The molecule has 0 aliphatic carbocycles. The molecule has 0 fully saturated rings. The van der Waals surface area contributed by atoms with Gasteiger partial charge in [0.05, 0.1) is 6.61 Å². The molecule has 1 aromatic carbocycles. The Morgan fingerprint density at radius 3 is 2.67 bits per heavy atom. The summed E-state index contributed by atoms with van der Waals surface area (Å²) in [5.74, 6) is 1.55. The van der Waals surface area contributed by atoms with Gasteiger partial charge in [0, 0.05) is 25.4 Å². The third kappa shape index (κ3) is 5.34. The van der Waals surface area contributed by atoms with Crippen molar-refractivity contribution in [2.24, 2.45) is 0 Å². The van der Waals surface area contributed by atoms with Crippen LogP contribution in [-0.4, -0.2) is 27.8 Å². The molecule has 24 heavy (non-hydrogen) atoms. The fourth-order valence-electron chi connectivity index (χ4n) is 2.17. The van der Waals surface area contributed by atoms with Crippen LogP contribution in [0.25, 0.3) is 0 Å². The average Bonchev–Trinajstić information content (AvgIpc) is 3.06. The Labute approximate surface area is 141 Å². The van der Waals surface area contributed by atoms with E-state index in [9.17, 15) is 9.90 Å². The van der Waals surface area contributed by atoms with Crippen LogP contribution in [0.15, 0.2) is 28.8 Å². The summed E-state index contributed by atoms with van der Waals surface area (Å²) in [5, 5.41) is 18.7. The van der Waals surface area contributed by atoms with Gasteiger partial charge in [-0.1, -0.05) is 43.3 Å². The summed E-state index contributed by atoms with van der Waals surface area (Å²) < 4.78 is 5.15. The molecule has 1 aromatic heterocycles. The van der Waals surface area contributed by atoms with Crippen LogP contribution in [-0.2, 0) is 19.6 Å². The Balaban J connectivity index is 1.66. The highest BCUT2D eigenvalue weighted by atomic mass is 16.5. The lowest BCUT2D eigenvalue weighted by atomic mass is 10.1. The number of hydrogen-bond donors (Lipinski definition) is 3. The largest absolute Gasteiger partial charge is 0.392 e. The van der Waals surface area contributed by atoms with E-state index in [0.717, 1.165) is 17.5 Å². The molecule has 3 N–H and O–H groups in total. The van der Waals surface area contributed by atoms with E-state index in [1.807, 2.05) is 38.1 Å². The standard InChI is InChI=1S/C17H24N4O3/c1-12(2)16-20-15(24-21-16)8-5-9-18-17(23)19-10-13-6-3-4-7-14(13)11-22/h3-4,6-7,12,22H,5,8-11H2,1-2H3,(H2,18,19,23). The van der Waals surface area contributed by atoms with Crippen molar-refractivity contribution < 1.29 is 14.4 Å². The number of aromatic nitrogens is 2. The van der Waals surface area contributed by atoms with Crippen LogP contribution in [0.3, 0.4) is 0 Å². The zero-order valence-corrected chi connectivity index (χ0v) is 14.1. The van der Waals surface area contributed by atoms with Crippen molar-refractivity contribution in [3.63, 3.8) is 0 Å². The van der Waals surface area contributed by atoms with Crippen molar-refractivity contribution >= 4 is 6.03 Å². The first-order chi connectivity index (χ1) is 11.6. The van der Waals surface area contributed by atoms with Gasteiger partial charge in [0.25, 0.3) is 0 Å². The average molecular weight is 332 g/mol. The first-order valence-electron chi connectivity index (χ1n) is 8.12. The van der Waals surface area contributed by atoms with E-state index in [-0.39, 0.29) is 18.6 Å². The van der Waals surface area contributed by atoms with Gasteiger partial charge in [0.1, 0.15) is 0 Å². The zero-order valence-electron chi connectivity index (χ0n) is 14.1. The van der Waals surface area contributed by atoms with E-state index < -0.39 is 0 Å². The molecule has 2 aromatic rings. The molecule has 2 amide bonds. The van der Waals surface area contributed by atoms with Gasteiger partial charge in [0.15, 0.2) is 5.82 Å². The van der Waals surface area contributed by atoms with Crippen molar-refractivity contribution in [2.75, 3.05) is 6.54 Å². The number of benzene rings is 1.